The summed E-state index contributed by atoms with van der Waals surface area (Å²) in [5, 5.41) is 0.371. The van der Waals surface area contributed by atoms with E-state index in [1.165, 1.54) is 0 Å². The lowest BCUT2D eigenvalue weighted by Gasteiger charge is -2.22. The van der Waals surface area contributed by atoms with E-state index in [-0.39, 0.29) is 36.8 Å². The van der Waals surface area contributed by atoms with Gasteiger partial charge >= 0.3 is 0 Å². The topological polar surface area (TPSA) is 82.1 Å². The Morgan fingerprint density at radius 3 is 2.69 bits per heavy atom. The van der Waals surface area contributed by atoms with Crippen molar-refractivity contribution in [1.82, 2.24) is 4.90 Å². The van der Waals surface area contributed by atoms with Gasteiger partial charge in [0.25, 0.3) is 16.0 Å². The highest BCUT2D eigenvalue weighted by Gasteiger charge is 2.42. The number of halogens is 1. The van der Waals surface area contributed by atoms with Crippen LogP contribution in [0.1, 0.15) is 36.2 Å². The molecular weight excluding hydrogens is 382 g/mol. The Morgan fingerprint density at radius 1 is 1.38 bits per heavy atom. The number of ether oxygens (including phenoxy) is 2. The number of carbonyl (C=O) groups excluding carboxylic acids is 1. The van der Waals surface area contributed by atoms with E-state index in [1.54, 1.807) is 11.0 Å². The van der Waals surface area contributed by atoms with Crippen LogP contribution in [0.5, 0.6) is 11.5 Å². The summed E-state index contributed by atoms with van der Waals surface area (Å²) in [6, 6.07) is 1.46. The normalized spacial score (nSPS) is 22.7. The van der Waals surface area contributed by atoms with Crippen molar-refractivity contribution in [2.24, 2.45) is 0 Å². The lowest BCUT2D eigenvalue weighted by Crippen LogP contribution is -2.37. The van der Waals surface area contributed by atoms with Crippen LogP contribution < -0.4 is 9.47 Å². The number of aryl methyl sites for hydroxylation is 1. The van der Waals surface area contributed by atoms with Crippen molar-refractivity contribution in [2.45, 2.75) is 45.4 Å². The molecule has 0 radical (unpaired) electrons. The molecule has 2 aliphatic heterocycles. The summed E-state index contributed by atoms with van der Waals surface area (Å²) >= 11 is 6.40. The molecule has 0 spiro atoms. The molecule has 2 heterocycles. The van der Waals surface area contributed by atoms with Gasteiger partial charge in [0.15, 0.2) is 5.75 Å². The Hall–Kier alpha value is -1.51. The molecule has 0 saturated carbocycles. The van der Waals surface area contributed by atoms with Gasteiger partial charge in [0, 0.05) is 13.0 Å². The molecule has 2 atom stereocenters. The summed E-state index contributed by atoms with van der Waals surface area (Å²) in [5.41, 5.74) is 1.03. The Balaban J connectivity index is 1.99. The molecule has 0 aliphatic carbocycles. The van der Waals surface area contributed by atoms with Crippen LogP contribution in [-0.4, -0.2) is 56.9 Å². The number of hydrogen-bond donors (Lipinski definition) is 0. The number of hydrogen-bond acceptors (Lipinski definition) is 6. The van der Waals surface area contributed by atoms with Crippen molar-refractivity contribution in [1.29, 1.82) is 0 Å². The molecule has 7 nitrogen and oxygen atoms in total. The van der Waals surface area contributed by atoms with Crippen molar-refractivity contribution in [3.8, 4) is 11.5 Å². The Labute approximate surface area is 158 Å². The third-order valence-corrected chi connectivity index (χ3v) is 5.40. The van der Waals surface area contributed by atoms with Crippen LogP contribution in [0, 0.1) is 6.92 Å². The van der Waals surface area contributed by atoms with Crippen molar-refractivity contribution in [3.63, 3.8) is 0 Å². The molecule has 1 aromatic rings. The summed E-state index contributed by atoms with van der Waals surface area (Å²) in [7, 11) is -3.60. The summed E-state index contributed by atoms with van der Waals surface area (Å²) in [4.78, 5) is 14.8. The monoisotopic (exact) mass is 403 g/mol. The molecule has 144 valence electrons. The Bertz CT molecular complexity index is 838. The van der Waals surface area contributed by atoms with Gasteiger partial charge in [-0.3, -0.25) is 8.98 Å². The van der Waals surface area contributed by atoms with Gasteiger partial charge in [0.05, 0.1) is 29.5 Å². The first kappa shape index (κ1) is 19.3. The second-order valence-corrected chi connectivity index (χ2v) is 8.94. The summed E-state index contributed by atoms with van der Waals surface area (Å²) in [6.45, 7) is 5.95. The van der Waals surface area contributed by atoms with Gasteiger partial charge in [-0.2, -0.15) is 8.42 Å². The Morgan fingerprint density at radius 2 is 2.08 bits per heavy atom. The first-order valence-electron chi connectivity index (χ1n) is 8.38. The van der Waals surface area contributed by atoms with E-state index in [1.807, 2.05) is 20.8 Å². The fraction of sp³-hybridized carbons (Fsp3) is 0.588. The average molecular weight is 404 g/mol. The second kappa shape index (κ2) is 6.90. The number of nitrogens with zero attached hydrogens (tertiary/aromatic N) is 1. The van der Waals surface area contributed by atoms with Crippen molar-refractivity contribution in [2.75, 3.05) is 19.4 Å². The fourth-order valence-corrected chi connectivity index (χ4v) is 4.15. The molecular formula is C17H22ClNO6S. The van der Waals surface area contributed by atoms with E-state index < -0.39 is 16.2 Å². The third-order valence-electron chi connectivity index (χ3n) is 4.31. The zero-order valence-corrected chi connectivity index (χ0v) is 16.7. The maximum Gasteiger partial charge on any atom is 0.264 e. The number of carbonyl (C=O) groups is 1. The third kappa shape index (κ3) is 3.77. The molecule has 9 heteroatoms. The highest BCUT2D eigenvalue weighted by Crippen LogP contribution is 2.42. The lowest BCUT2D eigenvalue weighted by atomic mass is 10.1. The molecule has 0 aromatic heterocycles. The van der Waals surface area contributed by atoms with E-state index in [0.717, 1.165) is 11.8 Å². The average Bonchev–Trinajstić information content (AvgIpc) is 2.84. The zero-order valence-electron chi connectivity index (χ0n) is 15.1. The van der Waals surface area contributed by atoms with E-state index in [9.17, 15) is 13.2 Å². The number of amides is 1. The molecule has 1 aromatic carbocycles. The predicted octanol–water partition coefficient (Wildman–Crippen LogP) is 2.39. The van der Waals surface area contributed by atoms with Gasteiger partial charge in [-0.15, -0.1) is 0 Å². The maximum atomic E-state index is 13.2. The maximum absolute atomic E-state index is 13.2. The molecule has 0 bridgehead atoms. The first-order chi connectivity index (χ1) is 12.1. The predicted molar refractivity (Wildman–Crippen MR) is 96.6 cm³/mol. The van der Waals surface area contributed by atoms with Gasteiger partial charge < -0.3 is 14.4 Å². The standard InChI is InChI=1S/C17H22ClNO6S/c1-9(2)24-16-14-13(5-10(3)15(16)18)23-8-11-6-12(25-26(4,21)22)7-19(11)17(14)20/h5,9,11-12H,6-8H2,1-4H3/t11-,12-/m1/s1. The molecule has 2 aliphatic rings. The number of fused-ring (bicyclic) bond motifs is 2. The molecule has 0 unspecified atom stereocenters. The van der Waals surface area contributed by atoms with Crippen LogP contribution in [-0.2, 0) is 14.3 Å². The minimum atomic E-state index is -3.60. The smallest absolute Gasteiger partial charge is 0.264 e. The largest absolute Gasteiger partial charge is 0.490 e. The van der Waals surface area contributed by atoms with E-state index in [0.29, 0.717) is 22.9 Å². The van der Waals surface area contributed by atoms with Crippen LogP contribution in [0.2, 0.25) is 5.02 Å². The van der Waals surface area contributed by atoms with Gasteiger partial charge in [0.1, 0.15) is 17.9 Å². The van der Waals surface area contributed by atoms with Crippen LogP contribution in [0.3, 0.4) is 0 Å². The molecule has 3 rings (SSSR count). The van der Waals surface area contributed by atoms with Gasteiger partial charge in [0.2, 0.25) is 0 Å². The molecule has 1 amide bonds. The minimum absolute atomic E-state index is 0.173. The second-order valence-electron chi connectivity index (χ2n) is 6.96. The minimum Gasteiger partial charge on any atom is -0.490 e. The van der Waals surface area contributed by atoms with Crippen molar-refractivity contribution >= 4 is 27.6 Å². The number of benzene rings is 1. The zero-order chi connectivity index (χ0) is 19.2. The van der Waals surface area contributed by atoms with E-state index in [2.05, 4.69) is 0 Å². The fourth-order valence-electron chi connectivity index (χ4n) is 3.32. The van der Waals surface area contributed by atoms with Gasteiger partial charge in [-0.05, 0) is 32.4 Å². The van der Waals surface area contributed by atoms with Crippen molar-refractivity contribution in [3.05, 3.63) is 22.2 Å². The quantitative estimate of drug-likeness (QED) is 0.718. The molecule has 26 heavy (non-hydrogen) atoms. The van der Waals surface area contributed by atoms with E-state index >= 15 is 0 Å². The summed E-state index contributed by atoms with van der Waals surface area (Å²) in [5.74, 6) is 0.442. The molecule has 1 fully saturated rings. The van der Waals surface area contributed by atoms with Crippen molar-refractivity contribution < 1.29 is 26.9 Å². The van der Waals surface area contributed by atoms with Crippen LogP contribution in [0.25, 0.3) is 0 Å². The molecule has 0 N–H and O–H groups in total. The lowest BCUT2D eigenvalue weighted by molar-refractivity contribution is 0.0710. The summed E-state index contributed by atoms with van der Waals surface area (Å²) in [6.07, 6.45) is 0.630. The van der Waals surface area contributed by atoms with Crippen LogP contribution in [0.15, 0.2) is 6.07 Å². The SMILES string of the molecule is Cc1cc2c(c(OC(C)C)c1Cl)C(=O)N1C[C@H](OS(C)(=O)=O)C[C@@H]1CO2. The Kier molecular flexibility index (Phi) is 5.11. The highest BCUT2D eigenvalue weighted by atomic mass is 35.5. The van der Waals surface area contributed by atoms with Gasteiger partial charge in [-0.25, -0.2) is 0 Å². The highest BCUT2D eigenvalue weighted by molar-refractivity contribution is 7.86. The van der Waals surface area contributed by atoms with Crippen LogP contribution >= 0.6 is 11.6 Å². The van der Waals surface area contributed by atoms with Gasteiger partial charge in [-0.1, -0.05) is 11.6 Å². The van der Waals surface area contributed by atoms with E-state index in [4.69, 9.17) is 25.3 Å². The van der Waals surface area contributed by atoms with Crippen LogP contribution in [0.4, 0.5) is 0 Å². The number of rotatable bonds is 4. The molecule has 1 saturated heterocycles. The first-order valence-corrected chi connectivity index (χ1v) is 10.6. The summed E-state index contributed by atoms with van der Waals surface area (Å²) < 4.78 is 39.6.